The highest BCUT2D eigenvalue weighted by Gasteiger charge is 2.31. The Morgan fingerprint density at radius 3 is 1.50 bits per heavy atom. The van der Waals surface area contributed by atoms with Gasteiger partial charge in [-0.1, -0.05) is 36.4 Å². The van der Waals surface area contributed by atoms with Crippen molar-refractivity contribution >= 4 is 17.8 Å². The van der Waals surface area contributed by atoms with Gasteiger partial charge in [0.2, 0.25) is 7.21 Å². The predicted molar refractivity (Wildman–Crippen MR) is 93.4 cm³/mol. The van der Waals surface area contributed by atoms with Gasteiger partial charge in [0.15, 0.2) is 0 Å². The Hall–Kier alpha value is -1.08. The molecule has 0 aliphatic heterocycles. The molecule has 4 heteroatoms. The Labute approximate surface area is 140 Å². The Morgan fingerprint density at radius 1 is 0.773 bits per heavy atom. The monoisotopic (exact) mass is 336 g/mol. The van der Waals surface area contributed by atoms with E-state index in [-0.39, 0.29) is 12.4 Å². The highest BCUT2D eigenvalue weighted by molar-refractivity contribution is 7.76. The van der Waals surface area contributed by atoms with Crippen molar-refractivity contribution in [2.45, 2.75) is 39.8 Å². The van der Waals surface area contributed by atoms with Crippen LogP contribution >= 0.6 is 7.21 Å². The molecule has 2 aromatic carbocycles. The van der Waals surface area contributed by atoms with Gasteiger partial charge in [0.25, 0.3) is 0 Å². The number of halogens is 1. The maximum atomic E-state index is 3.86. The van der Waals surface area contributed by atoms with Gasteiger partial charge in [0.1, 0.15) is 6.04 Å². The molecule has 2 rings (SSSR count). The molecule has 0 aromatic heterocycles. The van der Waals surface area contributed by atoms with Gasteiger partial charge in [-0.2, -0.15) is 0 Å². The lowest BCUT2D eigenvalue weighted by molar-refractivity contribution is -0.472. The van der Waals surface area contributed by atoms with E-state index in [4.69, 9.17) is 0 Å². The van der Waals surface area contributed by atoms with Crippen LogP contribution in [0.5, 0.6) is 0 Å². The fraction of sp³-hybridized carbons (Fsp3) is 0.333. The molecule has 0 saturated carbocycles. The van der Waals surface area contributed by atoms with Crippen LogP contribution in [0, 0.1) is 0 Å². The van der Waals surface area contributed by atoms with Crippen molar-refractivity contribution in [3.05, 3.63) is 60.7 Å². The molecule has 0 fully saturated rings. The molecule has 0 atom stereocenters. The standard InChI is InChI=1S/C18H25N2P.ClH/c1-15(2)19-21(20-16(3)4,17-11-7-5-8-12-17)18-13-9-6-10-14-18;/h5-16H,1-4H3,(H,19,20);1H. The third-order valence-corrected chi connectivity index (χ3v) is 7.14. The van der Waals surface area contributed by atoms with Gasteiger partial charge in [-0.25, -0.2) is 5.09 Å². The molecule has 0 amide bonds. The Balaban J connectivity index is 0.00000242. The van der Waals surface area contributed by atoms with Gasteiger partial charge < -0.3 is 12.4 Å². The molecule has 2 N–H and O–H groups in total. The summed E-state index contributed by atoms with van der Waals surface area (Å²) in [4.78, 5) is 0. The summed E-state index contributed by atoms with van der Waals surface area (Å²) in [5.41, 5.74) is 0. The summed E-state index contributed by atoms with van der Waals surface area (Å²) in [6, 6.07) is 22.4. The lowest BCUT2D eigenvalue weighted by Gasteiger charge is -2.24. The Kier molecular flexibility index (Phi) is 7.35. The first-order chi connectivity index (χ1) is 10.0. The summed E-state index contributed by atoms with van der Waals surface area (Å²) in [6.45, 7) is 8.84. The SMILES string of the molecule is CC(C)NP(=[NH+]C(C)C)(c1ccccc1)c1ccccc1.[Cl-]. The molecule has 0 aliphatic rings. The molecule has 0 heterocycles. The van der Waals surface area contributed by atoms with Gasteiger partial charge in [-0.15, -0.1) is 0 Å². The molecule has 2 aromatic rings. The third kappa shape index (κ3) is 4.46. The average Bonchev–Trinajstić information content (AvgIpc) is 2.47. The van der Waals surface area contributed by atoms with Gasteiger partial charge in [-0.05, 0) is 52.0 Å². The number of nitrogens with one attached hydrogen (secondary N) is 2. The van der Waals surface area contributed by atoms with E-state index in [9.17, 15) is 0 Å². The van der Waals surface area contributed by atoms with Crippen LogP contribution in [0.1, 0.15) is 27.7 Å². The van der Waals surface area contributed by atoms with Crippen LogP contribution in [-0.4, -0.2) is 12.1 Å². The van der Waals surface area contributed by atoms with Crippen LogP contribution in [0.25, 0.3) is 0 Å². The van der Waals surface area contributed by atoms with E-state index in [1.54, 1.807) is 0 Å². The number of benzene rings is 2. The first-order valence-corrected chi connectivity index (χ1v) is 9.39. The largest absolute Gasteiger partial charge is 1.00 e. The highest BCUT2D eigenvalue weighted by Crippen LogP contribution is 2.35. The van der Waals surface area contributed by atoms with Gasteiger partial charge in [-0.3, -0.25) is 4.74 Å². The van der Waals surface area contributed by atoms with Crippen molar-refractivity contribution in [2.24, 2.45) is 0 Å². The minimum atomic E-state index is -1.81. The van der Waals surface area contributed by atoms with Crippen molar-refractivity contribution in [1.82, 2.24) is 5.09 Å². The molecule has 22 heavy (non-hydrogen) atoms. The second-order valence-corrected chi connectivity index (χ2v) is 8.80. The molecule has 0 bridgehead atoms. The minimum Gasteiger partial charge on any atom is -1.00 e. The molecule has 0 aliphatic carbocycles. The predicted octanol–water partition coefficient (Wildman–Crippen LogP) is -0.755. The molecule has 2 nitrogen and oxygen atoms in total. The maximum Gasteiger partial charge on any atom is 0.220 e. The van der Waals surface area contributed by atoms with E-state index in [0.717, 1.165) is 0 Å². The lowest BCUT2D eigenvalue weighted by atomic mass is 10.4. The van der Waals surface area contributed by atoms with E-state index in [0.29, 0.717) is 12.1 Å². The van der Waals surface area contributed by atoms with E-state index < -0.39 is 7.21 Å². The average molecular weight is 337 g/mol. The van der Waals surface area contributed by atoms with Gasteiger partial charge in [0, 0.05) is 6.04 Å². The number of hydrogen-bond acceptors (Lipinski definition) is 0. The van der Waals surface area contributed by atoms with Crippen LogP contribution in [0.3, 0.4) is 0 Å². The zero-order valence-electron chi connectivity index (χ0n) is 13.8. The molecular weight excluding hydrogens is 311 g/mol. The summed E-state index contributed by atoms with van der Waals surface area (Å²) in [5, 5.41) is 6.55. The molecular formula is C18H26ClN2P. The molecule has 120 valence electrons. The fourth-order valence-corrected chi connectivity index (χ4v) is 6.32. The molecule has 0 saturated heterocycles. The maximum absolute atomic E-state index is 3.86. The fourth-order valence-electron chi connectivity index (χ4n) is 2.56. The summed E-state index contributed by atoms with van der Waals surface area (Å²) >= 11 is 0. The highest BCUT2D eigenvalue weighted by atomic mass is 35.5. The van der Waals surface area contributed by atoms with Crippen LogP contribution < -0.4 is 32.8 Å². The number of hydrogen-bond donors (Lipinski definition) is 2. The molecule has 0 spiro atoms. The molecule has 0 radical (unpaired) electrons. The first kappa shape index (κ1) is 19.0. The third-order valence-electron chi connectivity index (χ3n) is 3.19. The topological polar surface area (TPSA) is 26.0 Å². The van der Waals surface area contributed by atoms with E-state index in [2.05, 4.69) is 98.2 Å². The van der Waals surface area contributed by atoms with Crippen molar-refractivity contribution in [3.8, 4) is 0 Å². The quantitative estimate of drug-likeness (QED) is 0.690. The van der Waals surface area contributed by atoms with Crippen LogP contribution in [-0.2, 0) is 0 Å². The summed E-state index contributed by atoms with van der Waals surface area (Å²) < 4.78 is 3.86. The smallest absolute Gasteiger partial charge is 0.220 e. The Bertz CT molecular complexity index is 566. The van der Waals surface area contributed by atoms with Crippen LogP contribution in [0.4, 0.5) is 0 Å². The summed E-state index contributed by atoms with van der Waals surface area (Å²) in [5.74, 6) is 0. The zero-order chi connectivity index (χ0) is 15.3. The second kappa shape index (κ2) is 8.53. The number of rotatable bonds is 5. The van der Waals surface area contributed by atoms with Crippen molar-refractivity contribution in [3.63, 3.8) is 0 Å². The Morgan fingerprint density at radius 2 is 1.18 bits per heavy atom. The zero-order valence-corrected chi connectivity index (χ0v) is 15.4. The van der Waals surface area contributed by atoms with E-state index in [1.165, 1.54) is 10.6 Å². The summed E-state index contributed by atoms with van der Waals surface area (Å²) in [6.07, 6.45) is 0. The van der Waals surface area contributed by atoms with Crippen molar-refractivity contribution in [2.75, 3.05) is 0 Å². The summed E-state index contributed by atoms with van der Waals surface area (Å²) in [7, 11) is -1.81. The van der Waals surface area contributed by atoms with Crippen molar-refractivity contribution in [1.29, 1.82) is 0 Å². The van der Waals surface area contributed by atoms with Gasteiger partial charge >= 0.3 is 0 Å². The first-order valence-electron chi connectivity index (χ1n) is 7.60. The van der Waals surface area contributed by atoms with E-state index >= 15 is 0 Å². The minimum absolute atomic E-state index is 0. The molecule has 0 unspecified atom stereocenters. The second-order valence-electron chi connectivity index (χ2n) is 5.91. The normalized spacial score (nSPS) is 11.4. The van der Waals surface area contributed by atoms with Crippen LogP contribution in [0.15, 0.2) is 60.7 Å². The van der Waals surface area contributed by atoms with E-state index in [1.807, 2.05) is 0 Å². The van der Waals surface area contributed by atoms with Crippen LogP contribution in [0.2, 0.25) is 0 Å². The van der Waals surface area contributed by atoms with Gasteiger partial charge in [0.05, 0.1) is 10.6 Å². The lowest BCUT2D eigenvalue weighted by Crippen LogP contribution is -3.00. The van der Waals surface area contributed by atoms with Crippen molar-refractivity contribution < 1.29 is 17.2 Å².